The first kappa shape index (κ1) is 28.6. The molecule has 200 valence electrons. The van der Waals surface area contributed by atoms with Crippen molar-refractivity contribution in [2.75, 3.05) is 27.2 Å². The fraction of sp³-hybridized carbons (Fsp3) is 0.593. The number of benzene rings is 1. The van der Waals surface area contributed by atoms with Crippen LogP contribution in [0.2, 0.25) is 0 Å². The van der Waals surface area contributed by atoms with Crippen LogP contribution in [0.25, 0.3) is 0 Å². The maximum absolute atomic E-state index is 13.3. The fourth-order valence-corrected chi connectivity index (χ4v) is 5.71. The van der Waals surface area contributed by atoms with Crippen molar-refractivity contribution in [2.45, 2.75) is 70.8 Å². The summed E-state index contributed by atoms with van der Waals surface area (Å²) in [5, 5.41) is 11.1. The van der Waals surface area contributed by atoms with Crippen molar-refractivity contribution in [3.63, 3.8) is 0 Å². The van der Waals surface area contributed by atoms with Gasteiger partial charge in [0.15, 0.2) is 5.60 Å². The summed E-state index contributed by atoms with van der Waals surface area (Å²) in [6.45, 7) is 10.6. The summed E-state index contributed by atoms with van der Waals surface area (Å²) in [5.41, 5.74) is 2.03. The minimum atomic E-state index is -4.46. The van der Waals surface area contributed by atoms with E-state index in [4.69, 9.17) is 13.8 Å². The van der Waals surface area contributed by atoms with E-state index in [1.165, 1.54) is 5.57 Å². The number of esters is 1. The third kappa shape index (κ3) is 7.08. The highest BCUT2D eigenvalue weighted by atomic mass is 31.2. The molecule has 1 saturated carbocycles. The second-order valence-electron chi connectivity index (χ2n) is 10.4. The van der Waals surface area contributed by atoms with Crippen LogP contribution in [0.3, 0.4) is 0 Å². The van der Waals surface area contributed by atoms with Crippen molar-refractivity contribution in [1.82, 2.24) is 4.90 Å². The van der Waals surface area contributed by atoms with E-state index in [2.05, 4.69) is 19.6 Å². The summed E-state index contributed by atoms with van der Waals surface area (Å²) in [7, 11) is -0.838. The van der Waals surface area contributed by atoms with Crippen molar-refractivity contribution in [1.29, 1.82) is 0 Å². The van der Waals surface area contributed by atoms with E-state index in [-0.39, 0.29) is 42.8 Å². The van der Waals surface area contributed by atoms with Gasteiger partial charge in [0.2, 0.25) is 0 Å². The number of hydrogen-bond donors (Lipinski definition) is 2. The number of aromatic hydroxyl groups is 1. The Morgan fingerprint density at radius 3 is 2.58 bits per heavy atom. The smallest absolute Gasteiger partial charge is 0.473 e. The maximum Gasteiger partial charge on any atom is 0.473 e. The molecule has 1 aromatic carbocycles. The van der Waals surface area contributed by atoms with Gasteiger partial charge in [-0.2, -0.15) is 0 Å². The average Bonchev–Trinajstić information content (AvgIpc) is 3.53. The van der Waals surface area contributed by atoms with Gasteiger partial charge in [0.05, 0.1) is 6.61 Å². The third-order valence-electron chi connectivity index (χ3n) is 6.79. The Labute approximate surface area is 214 Å². The first-order valence-electron chi connectivity index (χ1n) is 12.6. The van der Waals surface area contributed by atoms with Crippen molar-refractivity contribution in [3.05, 3.63) is 47.1 Å². The molecule has 1 aromatic rings. The molecular formula is C27H40NO7P. The van der Waals surface area contributed by atoms with Crippen LogP contribution in [0.1, 0.15) is 69.9 Å². The van der Waals surface area contributed by atoms with Crippen LogP contribution in [-0.4, -0.2) is 53.7 Å². The number of phosphoric ester groups is 1. The Bertz CT molecular complexity index is 1060. The summed E-state index contributed by atoms with van der Waals surface area (Å²) in [6.07, 6.45) is 5.99. The van der Waals surface area contributed by atoms with Gasteiger partial charge in [-0.3, -0.25) is 9.05 Å². The number of hydrogen-bond acceptors (Lipinski definition) is 7. The molecule has 8 nitrogen and oxygen atoms in total. The predicted molar refractivity (Wildman–Crippen MR) is 139 cm³/mol. The molecule has 0 saturated heterocycles. The molecule has 2 N–H and O–H groups in total. The number of carbonyl (C=O) groups is 1. The summed E-state index contributed by atoms with van der Waals surface area (Å²) in [4.78, 5) is 25.3. The lowest BCUT2D eigenvalue weighted by molar-refractivity contribution is -0.145. The highest BCUT2D eigenvalue weighted by molar-refractivity contribution is 7.47. The normalized spacial score (nSPS) is 22.6. The zero-order valence-corrected chi connectivity index (χ0v) is 23.0. The number of likely N-dealkylation sites (N-methyl/N-ethyl adjacent to an activating group) is 1. The van der Waals surface area contributed by atoms with Crippen molar-refractivity contribution >= 4 is 13.8 Å². The second kappa shape index (κ2) is 11.6. The number of rotatable bonds is 12. The largest absolute Gasteiger partial charge is 0.507 e. The van der Waals surface area contributed by atoms with Gasteiger partial charge in [0.25, 0.3) is 0 Å². The first-order chi connectivity index (χ1) is 16.9. The van der Waals surface area contributed by atoms with E-state index in [0.717, 1.165) is 30.4 Å². The minimum absolute atomic E-state index is 0.0152. The Balaban J connectivity index is 1.91. The zero-order valence-electron chi connectivity index (χ0n) is 22.1. The first-order valence-corrected chi connectivity index (χ1v) is 14.1. The quantitative estimate of drug-likeness (QED) is 0.161. The lowest BCUT2D eigenvalue weighted by Gasteiger charge is -2.32. The van der Waals surface area contributed by atoms with E-state index in [1.807, 2.05) is 27.9 Å². The van der Waals surface area contributed by atoms with Crippen LogP contribution in [0, 0.1) is 5.92 Å². The molecule has 2 aliphatic carbocycles. The van der Waals surface area contributed by atoms with Crippen LogP contribution in [0.15, 0.2) is 35.9 Å². The van der Waals surface area contributed by atoms with Crippen LogP contribution in [0.5, 0.6) is 11.5 Å². The highest BCUT2D eigenvalue weighted by Gasteiger charge is 2.58. The van der Waals surface area contributed by atoms with Crippen LogP contribution in [0.4, 0.5) is 0 Å². The third-order valence-corrected chi connectivity index (χ3v) is 7.88. The number of phenols is 1. The summed E-state index contributed by atoms with van der Waals surface area (Å²) < 4.78 is 28.7. The van der Waals surface area contributed by atoms with Crippen molar-refractivity contribution < 1.29 is 33.1 Å². The average molecular weight is 522 g/mol. The molecule has 0 amide bonds. The molecule has 2 aliphatic rings. The summed E-state index contributed by atoms with van der Waals surface area (Å²) >= 11 is 0. The maximum atomic E-state index is 13.3. The molecule has 0 heterocycles. The Hall–Kier alpha value is -1.96. The molecule has 9 heteroatoms. The number of allylic oxidation sites excluding steroid dienone is 3. The standard InChI is InChI=1S/C27H40NO7P/c1-7-8-20-16-23(29)25(22-15-19(4)9-10-21(22)18(2)3)24(17-20)34-26(30)27(11-12-27)35-36(31,32)33-14-13-28(5)6/h15-17,21-22,29H,2,7-14H2,1,3-6H3,(H,31,32)/t21-,22+/m0/s1. The topological polar surface area (TPSA) is 106 Å². The van der Waals surface area contributed by atoms with Gasteiger partial charge in [-0.1, -0.05) is 37.1 Å². The van der Waals surface area contributed by atoms with E-state index in [1.54, 1.807) is 17.0 Å². The molecule has 1 unspecified atom stereocenters. The van der Waals surface area contributed by atoms with Crippen molar-refractivity contribution in [2.24, 2.45) is 5.92 Å². The number of nitrogens with zero attached hydrogens (tertiary/aromatic N) is 1. The van der Waals surface area contributed by atoms with E-state index < -0.39 is 19.4 Å². The Morgan fingerprint density at radius 2 is 2.00 bits per heavy atom. The van der Waals surface area contributed by atoms with Gasteiger partial charge >= 0.3 is 13.8 Å². The monoisotopic (exact) mass is 521 g/mol. The van der Waals surface area contributed by atoms with Gasteiger partial charge in [-0.25, -0.2) is 9.36 Å². The molecule has 0 radical (unpaired) electrons. The van der Waals surface area contributed by atoms with Gasteiger partial charge in [-0.05, 0) is 83.7 Å². The number of phosphoric acid groups is 1. The van der Waals surface area contributed by atoms with Gasteiger partial charge < -0.3 is 19.6 Å². The molecule has 0 aliphatic heterocycles. The predicted octanol–water partition coefficient (Wildman–Crippen LogP) is 5.49. The molecule has 36 heavy (non-hydrogen) atoms. The molecule has 0 bridgehead atoms. The summed E-state index contributed by atoms with van der Waals surface area (Å²) in [6, 6.07) is 3.51. The molecule has 3 atom stereocenters. The van der Waals surface area contributed by atoms with Gasteiger partial charge in [-0.15, -0.1) is 0 Å². The number of aryl methyl sites for hydroxylation is 1. The number of phenolic OH excluding ortho intramolecular Hbond substituents is 1. The van der Waals surface area contributed by atoms with Gasteiger partial charge in [0.1, 0.15) is 11.5 Å². The molecular weight excluding hydrogens is 481 g/mol. The molecule has 3 rings (SSSR count). The zero-order chi connectivity index (χ0) is 26.7. The van der Waals surface area contributed by atoms with Crippen molar-refractivity contribution in [3.8, 4) is 11.5 Å². The van der Waals surface area contributed by atoms with E-state index in [0.29, 0.717) is 18.5 Å². The lowest BCUT2D eigenvalue weighted by Crippen LogP contribution is -2.31. The second-order valence-corrected chi connectivity index (χ2v) is 11.8. The van der Waals surface area contributed by atoms with E-state index in [9.17, 15) is 19.4 Å². The highest BCUT2D eigenvalue weighted by Crippen LogP contribution is 2.56. The van der Waals surface area contributed by atoms with Crippen LogP contribution < -0.4 is 4.74 Å². The molecule has 0 aromatic heterocycles. The van der Waals surface area contributed by atoms with Crippen LogP contribution >= 0.6 is 7.82 Å². The fourth-order valence-electron chi connectivity index (χ4n) is 4.65. The SMILES string of the molecule is C=C(C)[C@@H]1CCC(C)=C[C@H]1c1c(O)cc(CCC)cc1OC(=O)C1(OP(=O)(O)OCCN(C)C)CC1. The summed E-state index contributed by atoms with van der Waals surface area (Å²) in [5.74, 6) is -0.559. The molecule has 0 spiro atoms. The lowest BCUT2D eigenvalue weighted by atomic mass is 9.73. The van der Waals surface area contributed by atoms with E-state index >= 15 is 0 Å². The Kier molecular flexibility index (Phi) is 9.23. The number of ether oxygens (including phenoxy) is 1. The molecule has 1 fully saturated rings. The minimum Gasteiger partial charge on any atom is -0.507 e. The Morgan fingerprint density at radius 1 is 1.31 bits per heavy atom. The van der Waals surface area contributed by atoms with Crippen LogP contribution in [-0.2, 0) is 24.8 Å². The van der Waals surface area contributed by atoms with Gasteiger partial charge in [0, 0.05) is 18.0 Å². The number of carbonyl (C=O) groups excluding carboxylic acids is 1.